The predicted octanol–water partition coefficient (Wildman–Crippen LogP) is 6.13. The summed E-state index contributed by atoms with van der Waals surface area (Å²) in [5.41, 5.74) is 0.898. The van der Waals surface area contributed by atoms with Gasteiger partial charge < -0.3 is 4.98 Å². The summed E-state index contributed by atoms with van der Waals surface area (Å²) in [5.74, 6) is -0.257. The van der Waals surface area contributed by atoms with Gasteiger partial charge in [0.05, 0.1) is 28.2 Å². The third-order valence-electron chi connectivity index (χ3n) is 5.80. The molecular weight excluding hydrogens is 550 g/mol. The zero-order valence-corrected chi connectivity index (χ0v) is 20.4. The standard InChI is InChI=1S/C22H19F3IN5S/c1-4-14-9-12(2)19-15(7-8-31(19)32-26)18(14)21(28-3,22(23,24)25)20-29-16-6-5-13(11-27)10-17(16)30-20/h5-10,28H,4H2,1-3H3,(H,29,30). The normalized spacial score (nSPS) is 14.1. The number of rotatable bonds is 5. The predicted molar refractivity (Wildman–Crippen MR) is 130 cm³/mol. The molecule has 2 aromatic carbocycles. The summed E-state index contributed by atoms with van der Waals surface area (Å²) in [4.78, 5) is 7.21. The number of benzene rings is 2. The van der Waals surface area contributed by atoms with Crippen molar-refractivity contribution in [2.75, 3.05) is 7.05 Å². The minimum atomic E-state index is -4.71. The van der Waals surface area contributed by atoms with Gasteiger partial charge in [0.2, 0.25) is 0 Å². The number of aromatic amines is 1. The maximum atomic E-state index is 15.1. The molecule has 166 valence electrons. The average Bonchev–Trinajstić information content (AvgIpc) is 3.38. The Hall–Kier alpha value is -2.23. The van der Waals surface area contributed by atoms with Gasteiger partial charge in [0.15, 0.2) is 5.54 Å². The van der Waals surface area contributed by atoms with Crippen LogP contribution in [0, 0.1) is 18.3 Å². The lowest BCUT2D eigenvalue weighted by Gasteiger charge is -2.36. The van der Waals surface area contributed by atoms with Gasteiger partial charge in [0.1, 0.15) is 5.82 Å². The van der Waals surface area contributed by atoms with Crippen LogP contribution in [-0.2, 0) is 12.0 Å². The van der Waals surface area contributed by atoms with Crippen LogP contribution < -0.4 is 5.32 Å². The molecule has 5 nitrogen and oxygen atoms in total. The summed E-state index contributed by atoms with van der Waals surface area (Å²) in [6, 6.07) is 10.2. The van der Waals surface area contributed by atoms with Crippen LogP contribution in [-0.4, -0.2) is 27.2 Å². The van der Waals surface area contributed by atoms with Crippen molar-refractivity contribution >= 4 is 52.3 Å². The van der Waals surface area contributed by atoms with Crippen molar-refractivity contribution in [3.63, 3.8) is 0 Å². The van der Waals surface area contributed by atoms with E-state index in [-0.39, 0.29) is 11.4 Å². The van der Waals surface area contributed by atoms with Crippen LogP contribution in [0.1, 0.15) is 35.0 Å². The first kappa shape index (κ1) is 22.9. The van der Waals surface area contributed by atoms with Gasteiger partial charge in [-0.25, -0.2) is 4.98 Å². The number of halogens is 4. The molecule has 2 aromatic heterocycles. The van der Waals surface area contributed by atoms with Crippen molar-refractivity contribution < 1.29 is 13.2 Å². The molecule has 10 heteroatoms. The summed E-state index contributed by atoms with van der Waals surface area (Å²) in [6.07, 6.45) is -2.50. The minimum absolute atomic E-state index is 0.138. The SMILES string of the molecule is CCc1cc(C)c2c(ccn2SI)c1C(NC)(c1nc2ccc(C#N)cc2[nH]1)C(F)(F)F. The number of hydrogen-bond donors (Lipinski definition) is 2. The van der Waals surface area contributed by atoms with Crippen LogP contribution >= 0.6 is 30.3 Å². The largest absolute Gasteiger partial charge is 0.418 e. The van der Waals surface area contributed by atoms with Crippen LogP contribution in [0.25, 0.3) is 21.9 Å². The van der Waals surface area contributed by atoms with E-state index in [9.17, 15) is 5.26 Å². The van der Waals surface area contributed by atoms with Crippen molar-refractivity contribution in [3.05, 3.63) is 64.6 Å². The number of imidazole rings is 1. The molecule has 4 aromatic rings. The molecule has 1 atom stereocenters. The number of aromatic nitrogens is 3. The zero-order valence-electron chi connectivity index (χ0n) is 17.4. The van der Waals surface area contributed by atoms with E-state index in [1.165, 1.54) is 22.2 Å². The number of hydrogen-bond acceptors (Lipinski definition) is 4. The Morgan fingerprint density at radius 3 is 2.62 bits per heavy atom. The number of fused-ring (bicyclic) bond motifs is 2. The van der Waals surface area contributed by atoms with Crippen molar-refractivity contribution in [2.45, 2.75) is 32.0 Å². The molecule has 0 radical (unpaired) electrons. The second-order valence-electron chi connectivity index (χ2n) is 7.48. The molecule has 0 aliphatic rings. The first-order valence-electron chi connectivity index (χ1n) is 9.80. The molecule has 0 bridgehead atoms. The fourth-order valence-electron chi connectivity index (χ4n) is 4.39. The average molecular weight is 569 g/mol. The van der Waals surface area contributed by atoms with Gasteiger partial charge >= 0.3 is 6.18 Å². The Bertz CT molecular complexity index is 1370. The molecule has 0 amide bonds. The molecule has 0 spiro atoms. The number of aryl methyl sites for hydroxylation is 2. The molecule has 32 heavy (non-hydrogen) atoms. The van der Waals surface area contributed by atoms with E-state index in [0.29, 0.717) is 34.0 Å². The first-order chi connectivity index (χ1) is 15.2. The van der Waals surface area contributed by atoms with Gasteiger partial charge in [0, 0.05) is 47.5 Å². The smallest absolute Gasteiger partial charge is 0.340 e. The highest BCUT2D eigenvalue weighted by molar-refractivity contribution is 14.2. The summed E-state index contributed by atoms with van der Waals surface area (Å²) >= 11 is 2.12. The first-order valence-corrected chi connectivity index (χ1v) is 13.1. The molecule has 0 aliphatic heterocycles. The minimum Gasteiger partial charge on any atom is -0.340 e. The highest BCUT2D eigenvalue weighted by atomic mass is 127. The molecule has 0 saturated heterocycles. The highest BCUT2D eigenvalue weighted by Crippen LogP contribution is 2.48. The molecule has 0 aliphatic carbocycles. The third kappa shape index (κ3) is 3.29. The molecule has 0 saturated carbocycles. The van der Waals surface area contributed by atoms with Gasteiger partial charge in [-0.15, -0.1) is 0 Å². The molecule has 1 unspecified atom stereocenters. The van der Waals surface area contributed by atoms with Crippen molar-refractivity contribution in [1.29, 1.82) is 5.26 Å². The highest BCUT2D eigenvalue weighted by Gasteiger charge is 2.60. The van der Waals surface area contributed by atoms with Gasteiger partial charge in [-0.2, -0.15) is 18.4 Å². The quantitative estimate of drug-likeness (QED) is 0.284. The summed E-state index contributed by atoms with van der Waals surface area (Å²) in [6.45, 7) is 3.76. The number of alkyl halides is 3. The lowest BCUT2D eigenvalue weighted by atomic mass is 9.81. The zero-order chi connectivity index (χ0) is 23.3. The maximum Gasteiger partial charge on any atom is 0.418 e. The topological polar surface area (TPSA) is 69.4 Å². The van der Waals surface area contributed by atoms with Crippen LogP contribution in [0.4, 0.5) is 13.2 Å². The van der Waals surface area contributed by atoms with E-state index < -0.39 is 11.7 Å². The van der Waals surface area contributed by atoms with E-state index in [1.807, 2.05) is 30.0 Å². The molecular formula is C22H19F3IN5S. The molecule has 2 heterocycles. The van der Waals surface area contributed by atoms with Crippen LogP contribution in [0.15, 0.2) is 36.5 Å². The van der Waals surface area contributed by atoms with Gasteiger partial charge in [-0.1, -0.05) is 13.0 Å². The Morgan fingerprint density at radius 2 is 2.03 bits per heavy atom. The Morgan fingerprint density at radius 1 is 1.28 bits per heavy atom. The number of nitrogens with one attached hydrogen (secondary N) is 2. The number of nitrogens with zero attached hydrogens (tertiary/aromatic N) is 3. The lowest BCUT2D eigenvalue weighted by Crippen LogP contribution is -2.54. The summed E-state index contributed by atoms with van der Waals surface area (Å²) < 4.78 is 47.1. The van der Waals surface area contributed by atoms with Crippen LogP contribution in [0.2, 0.25) is 0 Å². The van der Waals surface area contributed by atoms with Gasteiger partial charge in [-0.3, -0.25) is 9.29 Å². The lowest BCUT2D eigenvalue weighted by molar-refractivity contribution is -0.187. The van der Waals surface area contributed by atoms with Gasteiger partial charge in [-0.05, 0) is 55.8 Å². The van der Waals surface area contributed by atoms with Crippen molar-refractivity contribution in [1.82, 2.24) is 19.3 Å². The molecule has 4 rings (SSSR count). The van der Waals surface area contributed by atoms with Gasteiger partial charge in [0.25, 0.3) is 0 Å². The molecule has 0 fully saturated rings. The van der Waals surface area contributed by atoms with Crippen molar-refractivity contribution in [2.24, 2.45) is 0 Å². The summed E-state index contributed by atoms with van der Waals surface area (Å²) in [7, 11) is 2.70. The fourth-order valence-corrected chi connectivity index (χ4v) is 5.80. The van der Waals surface area contributed by atoms with Crippen molar-refractivity contribution in [3.8, 4) is 6.07 Å². The Balaban J connectivity index is 2.15. The van der Waals surface area contributed by atoms with Crippen LogP contribution in [0.3, 0.4) is 0 Å². The number of H-pyrrole nitrogens is 1. The maximum absolute atomic E-state index is 15.1. The Kier molecular flexibility index (Phi) is 5.94. The van der Waals surface area contributed by atoms with Crippen LogP contribution in [0.5, 0.6) is 0 Å². The second-order valence-corrected chi connectivity index (χ2v) is 9.19. The fraction of sp³-hybridized carbons (Fsp3) is 0.273. The second kappa shape index (κ2) is 8.28. The van der Waals surface area contributed by atoms with E-state index >= 15 is 13.2 Å². The van der Waals surface area contributed by atoms with E-state index in [0.717, 1.165) is 11.1 Å². The monoisotopic (exact) mass is 569 g/mol. The molecule has 2 N–H and O–H groups in total. The van der Waals surface area contributed by atoms with E-state index in [2.05, 4.69) is 36.5 Å². The van der Waals surface area contributed by atoms with E-state index in [4.69, 9.17) is 0 Å². The van der Waals surface area contributed by atoms with E-state index in [1.54, 1.807) is 24.4 Å². The number of nitriles is 1. The Labute approximate surface area is 199 Å². The summed E-state index contributed by atoms with van der Waals surface area (Å²) in [5, 5.41) is 12.3. The third-order valence-corrected chi connectivity index (χ3v) is 7.53.